The number of carbonyl (C=O) groups is 2. The fourth-order valence-electron chi connectivity index (χ4n) is 3.14. The second-order valence-electron chi connectivity index (χ2n) is 7.03. The lowest BCUT2D eigenvalue weighted by Gasteiger charge is -2.18. The molecule has 0 saturated carbocycles. The van der Waals surface area contributed by atoms with Crippen LogP contribution in [-0.4, -0.2) is 32.2 Å². The minimum atomic E-state index is -0.512. The van der Waals surface area contributed by atoms with E-state index in [1.54, 1.807) is 50.6 Å². The first-order chi connectivity index (χ1) is 16.0. The van der Waals surface area contributed by atoms with Crippen molar-refractivity contribution in [2.75, 3.05) is 14.2 Å². The van der Waals surface area contributed by atoms with Gasteiger partial charge in [-0.25, -0.2) is 5.43 Å². The Hall–Kier alpha value is -3.65. The summed E-state index contributed by atoms with van der Waals surface area (Å²) < 4.78 is 11.3. The standard InChI is InChI=1S/C25H24BrN3O4/c1-32-22-13-19(20(26)14-23(22)33-2)16-27-29-24(30)15-21(17-9-5-3-6-10-17)28-25(31)18-11-7-4-8-12-18/h3-14,16,21H,15H2,1-2H3,(H,28,31)(H,29,30)/b27-16-/t21-/m0/s1. The van der Waals surface area contributed by atoms with E-state index in [1.165, 1.54) is 6.21 Å². The molecular formula is C25H24BrN3O4. The third kappa shape index (κ3) is 6.66. The van der Waals surface area contributed by atoms with Gasteiger partial charge in [0.25, 0.3) is 5.91 Å². The van der Waals surface area contributed by atoms with E-state index in [1.807, 2.05) is 36.4 Å². The molecule has 8 heteroatoms. The Morgan fingerprint density at radius 1 is 0.970 bits per heavy atom. The molecule has 0 aliphatic rings. The summed E-state index contributed by atoms with van der Waals surface area (Å²) in [6, 6.07) is 21.2. The van der Waals surface area contributed by atoms with Crippen molar-refractivity contribution in [1.29, 1.82) is 0 Å². The largest absolute Gasteiger partial charge is 0.493 e. The maximum atomic E-state index is 12.7. The van der Waals surface area contributed by atoms with Crippen LogP contribution >= 0.6 is 15.9 Å². The SMILES string of the molecule is COc1cc(Br)c(/C=N\NC(=O)C[C@H](NC(=O)c2ccccc2)c2ccccc2)cc1OC. The van der Waals surface area contributed by atoms with Crippen molar-refractivity contribution in [1.82, 2.24) is 10.7 Å². The van der Waals surface area contributed by atoms with E-state index >= 15 is 0 Å². The van der Waals surface area contributed by atoms with E-state index in [9.17, 15) is 9.59 Å². The molecule has 3 aromatic rings. The van der Waals surface area contributed by atoms with Gasteiger partial charge in [-0.15, -0.1) is 0 Å². The Kier molecular flexibility index (Phi) is 8.60. The average molecular weight is 510 g/mol. The number of nitrogens with zero attached hydrogens (tertiary/aromatic N) is 1. The van der Waals surface area contributed by atoms with Crippen LogP contribution in [-0.2, 0) is 4.79 Å². The van der Waals surface area contributed by atoms with E-state index in [2.05, 4.69) is 31.8 Å². The van der Waals surface area contributed by atoms with Crippen LogP contribution in [0.4, 0.5) is 0 Å². The number of amides is 2. The molecule has 0 unspecified atom stereocenters. The van der Waals surface area contributed by atoms with Crippen LogP contribution in [0.3, 0.4) is 0 Å². The minimum absolute atomic E-state index is 0.0209. The van der Waals surface area contributed by atoms with Gasteiger partial charge in [0.1, 0.15) is 0 Å². The van der Waals surface area contributed by atoms with Crippen molar-refractivity contribution in [3.05, 3.63) is 94.0 Å². The summed E-state index contributed by atoms with van der Waals surface area (Å²) in [5.74, 6) is 0.520. The normalized spacial score (nSPS) is 11.6. The number of hydrazone groups is 1. The molecule has 0 aromatic heterocycles. The summed E-state index contributed by atoms with van der Waals surface area (Å²) in [5.41, 5.74) is 4.57. The molecule has 3 rings (SSSR count). The molecule has 0 saturated heterocycles. The molecule has 0 heterocycles. The fraction of sp³-hybridized carbons (Fsp3) is 0.160. The second kappa shape index (κ2) is 11.8. The third-order valence-corrected chi connectivity index (χ3v) is 5.52. The van der Waals surface area contributed by atoms with Crippen LogP contribution in [0.1, 0.15) is 33.9 Å². The first-order valence-electron chi connectivity index (χ1n) is 10.2. The highest BCUT2D eigenvalue weighted by Gasteiger charge is 2.19. The van der Waals surface area contributed by atoms with Gasteiger partial charge in [0, 0.05) is 15.6 Å². The van der Waals surface area contributed by atoms with Crippen molar-refractivity contribution in [2.45, 2.75) is 12.5 Å². The van der Waals surface area contributed by atoms with Gasteiger partial charge in [0.15, 0.2) is 11.5 Å². The van der Waals surface area contributed by atoms with Crippen LogP contribution in [0, 0.1) is 0 Å². The summed E-state index contributed by atoms with van der Waals surface area (Å²) in [6.07, 6.45) is 1.52. The average Bonchev–Trinajstić information content (AvgIpc) is 2.85. The Bertz CT molecular complexity index is 1120. The van der Waals surface area contributed by atoms with E-state index in [0.29, 0.717) is 22.6 Å². The van der Waals surface area contributed by atoms with Gasteiger partial charge in [0.05, 0.1) is 32.9 Å². The molecule has 3 aromatic carbocycles. The lowest BCUT2D eigenvalue weighted by molar-refractivity contribution is -0.121. The summed E-state index contributed by atoms with van der Waals surface area (Å²) in [6.45, 7) is 0. The first-order valence-corrected chi connectivity index (χ1v) is 11.0. The van der Waals surface area contributed by atoms with Crippen LogP contribution in [0.2, 0.25) is 0 Å². The highest BCUT2D eigenvalue weighted by molar-refractivity contribution is 9.10. The lowest BCUT2D eigenvalue weighted by atomic mass is 10.0. The van der Waals surface area contributed by atoms with Gasteiger partial charge in [-0.3, -0.25) is 9.59 Å². The third-order valence-electron chi connectivity index (χ3n) is 4.83. The fourth-order valence-corrected chi connectivity index (χ4v) is 3.57. The smallest absolute Gasteiger partial charge is 0.251 e. The number of benzene rings is 3. The second-order valence-corrected chi connectivity index (χ2v) is 7.88. The number of nitrogens with one attached hydrogen (secondary N) is 2. The zero-order valence-electron chi connectivity index (χ0n) is 18.2. The predicted octanol–water partition coefficient (Wildman–Crippen LogP) is 4.48. The van der Waals surface area contributed by atoms with Crippen LogP contribution < -0.4 is 20.2 Å². The summed E-state index contributed by atoms with van der Waals surface area (Å²) in [7, 11) is 3.10. The number of hydrogen-bond acceptors (Lipinski definition) is 5. The van der Waals surface area contributed by atoms with Crippen molar-refractivity contribution < 1.29 is 19.1 Å². The molecule has 1 atom stereocenters. The van der Waals surface area contributed by atoms with Gasteiger partial charge >= 0.3 is 0 Å². The maximum absolute atomic E-state index is 12.7. The molecule has 0 fully saturated rings. The number of methoxy groups -OCH3 is 2. The van der Waals surface area contributed by atoms with Crippen molar-refractivity contribution in [3.8, 4) is 11.5 Å². The van der Waals surface area contributed by atoms with E-state index in [0.717, 1.165) is 10.0 Å². The van der Waals surface area contributed by atoms with E-state index in [-0.39, 0.29) is 18.2 Å². The van der Waals surface area contributed by atoms with Crippen LogP contribution in [0.5, 0.6) is 11.5 Å². The quantitative estimate of drug-likeness (QED) is 0.328. The molecule has 0 aliphatic carbocycles. The van der Waals surface area contributed by atoms with Crippen molar-refractivity contribution in [2.24, 2.45) is 5.10 Å². The Balaban J connectivity index is 1.69. The first kappa shape index (κ1) is 24.0. The summed E-state index contributed by atoms with van der Waals surface area (Å²) >= 11 is 3.45. The topological polar surface area (TPSA) is 89.0 Å². The van der Waals surface area contributed by atoms with Gasteiger partial charge in [-0.1, -0.05) is 48.5 Å². The predicted molar refractivity (Wildman–Crippen MR) is 131 cm³/mol. The molecule has 2 N–H and O–H groups in total. The van der Waals surface area contributed by atoms with Gasteiger partial charge < -0.3 is 14.8 Å². The number of ether oxygens (including phenoxy) is 2. The molecule has 0 bridgehead atoms. The lowest BCUT2D eigenvalue weighted by Crippen LogP contribution is -2.32. The molecule has 0 spiro atoms. The molecule has 7 nitrogen and oxygen atoms in total. The molecule has 0 radical (unpaired) electrons. The van der Waals surface area contributed by atoms with Crippen LogP contribution in [0.25, 0.3) is 0 Å². The van der Waals surface area contributed by atoms with Crippen LogP contribution in [0.15, 0.2) is 82.4 Å². The maximum Gasteiger partial charge on any atom is 0.251 e. The molecular weight excluding hydrogens is 486 g/mol. The summed E-state index contributed by atoms with van der Waals surface area (Å²) in [4.78, 5) is 25.3. The Morgan fingerprint density at radius 2 is 1.58 bits per heavy atom. The van der Waals surface area contributed by atoms with E-state index < -0.39 is 6.04 Å². The van der Waals surface area contributed by atoms with Crippen molar-refractivity contribution >= 4 is 34.0 Å². The number of hydrogen-bond donors (Lipinski definition) is 2. The molecule has 170 valence electrons. The highest BCUT2D eigenvalue weighted by Crippen LogP contribution is 2.32. The minimum Gasteiger partial charge on any atom is -0.493 e. The summed E-state index contributed by atoms with van der Waals surface area (Å²) in [5, 5.41) is 6.99. The monoisotopic (exact) mass is 509 g/mol. The van der Waals surface area contributed by atoms with Crippen molar-refractivity contribution in [3.63, 3.8) is 0 Å². The molecule has 33 heavy (non-hydrogen) atoms. The number of halogens is 1. The Morgan fingerprint density at radius 3 is 2.21 bits per heavy atom. The number of carbonyl (C=O) groups excluding carboxylic acids is 2. The van der Waals surface area contributed by atoms with Gasteiger partial charge in [0.2, 0.25) is 5.91 Å². The molecule has 2 amide bonds. The van der Waals surface area contributed by atoms with Gasteiger partial charge in [-0.2, -0.15) is 5.10 Å². The van der Waals surface area contributed by atoms with Gasteiger partial charge in [-0.05, 0) is 45.8 Å². The zero-order valence-corrected chi connectivity index (χ0v) is 19.8. The van der Waals surface area contributed by atoms with E-state index in [4.69, 9.17) is 9.47 Å². The Labute approximate surface area is 200 Å². The highest BCUT2D eigenvalue weighted by atomic mass is 79.9. The number of rotatable bonds is 9. The molecule has 0 aliphatic heterocycles. The zero-order chi connectivity index (χ0) is 23.6.